The van der Waals surface area contributed by atoms with Crippen molar-refractivity contribution in [1.82, 2.24) is 0 Å². The molecule has 3 heteroatoms. The van der Waals surface area contributed by atoms with Gasteiger partial charge in [0.15, 0.2) is 0 Å². The van der Waals surface area contributed by atoms with Gasteiger partial charge in [0.2, 0.25) is 0 Å². The van der Waals surface area contributed by atoms with E-state index in [1.165, 1.54) is 0 Å². The average Bonchev–Trinajstić information content (AvgIpc) is 2.24. The topological polar surface area (TPSA) is 46.5 Å². The van der Waals surface area contributed by atoms with Crippen LogP contribution in [0.25, 0.3) is 0 Å². The van der Waals surface area contributed by atoms with Crippen molar-refractivity contribution in [3.63, 3.8) is 0 Å². The van der Waals surface area contributed by atoms with E-state index in [-0.39, 0.29) is 0 Å². The van der Waals surface area contributed by atoms with E-state index in [0.717, 1.165) is 24.2 Å². The third-order valence-corrected chi connectivity index (χ3v) is 2.75. The lowest BCUT2D eigenvalue weighted by Gasteiger charge is -2.18. The first-order chi connectivity index (χ1) is 8.29. The van der Waals surface area contributed by atoms with E-state index in [0.29, 0.717) is 17.6 Å². The number of aryl methyl sites for hydroxylation is 1. The Morgan fingerprint density at radius 2 is 2.00 bits per heavy atom. The van der Waals surface area contributed by atoms with Crippen molar-refractivity contribution in [2.45, 2.75) is 40.5 Å². The molecule has 0 aliphatic heterocycles. The maximum Gasteiger partial charge on any atom is 0.335 e. The highest BCUT2D eigenvalue weighted by Crippen LogP contribution is 2.22. The summed E-state index contributed by atoms with van der Waals surface area (Å²) >= 11 is 0. The van der Waals surface area contributed by atoms with Crippen molar-refractivity contribution in [1.29, 1.82) is 0 Å². The van der Waals surface area contributed by atoms with Crippen LogP contribution in [0.5, 0.6) is 5.75 Å². The van der Waals surface area contributed by atoms with Gasteiger partial charge < -0.3 is 9.84 Å². The van der Waals surface area contributed by atoms with E-state index in [4.69, 9.17) is 9.84 Å². The van der Waals surface area contributed by atoms with Crippen molar-refractivity contribution < 1.29 is 14.6 Å². The van der Waals surface area contributed by atoms with Crippen molar-refractivity contribution in [2.75, 3.05) is 6.61 Å². The summed E-state index contributed by atoms with van der Waals surface area (Å²) in [4.78, 5) is 10.8. The van der Waals surface area contributed by atoms with Crippen LogP contribution in [-0.2, 0) is 0 Å². The zero-order chi connectivity index (χ0) is 13.8. The Kier molecular flexibility index (Phi) is 4.76. The third-order valence-electron chi connectivity index (χ3n) is 2.75. The van der Waals surface area contributed by atoms with E-state index >= 15 is 0 Å². The summed E-state index contributed by atoms with van der Waals surface area (Å²) in [5.41, 5.74) is 1.49. The minimum Gasteiger partial charge on any atom is -0.493 e. The maximum atomic E-state index is 10.8. The summed E-state index contributed by atoms with van der Waals surface area (Å²) in [7, 11) is 0. The second-order valence-electron chi connectivity index (χ2n) is 5.80. The van der Waals surface area contributed by atoms with Gasteiger partial charge in [-0.3, -0.25) is 0 Å². The molecule has 1 aromatic carbocycles. The predicted molar refractivity (Wildman–Crippen MR) is 72.3 cm³/mol. The van der Waals surface area contributed by atoms with E-state index < -0.39 is 5.97 Å². The standard InChI is InChI=1S/C15H22O3/c1-11-10-12(14(16)17)6-7-13(11)18-9-5-8-15(2,3)4/h6-7,10H,5,8-9H2,1-4H3,(H,16,17). The first kappa shape index (κ1) is 14.6. The SMILES string of the molecule is Cc1cc(C(=O)O)ccc1OCCCC(C)(C)C. The fraction of sp³-hybridized carbons (Fsp3) is 0.533. The van der Waals surface area contributed by atoms with Crippen LogP contribution in [0.3, 0.4) is 0 Å². The molecule has 3 nitrogen and oxygen atoms in total. The molecule has 0 aliphatic carbocycles. The van der Waals surface area contributed by atoms with Crippen LogP contribution in [-0.4, -0.2) is 17.7 Å². The Balaban J connectivity index is 2.51. The quantitative estimate of drug-likeness (QED) is 0.806. The van der Waals surface area contributed by atoms with Crippen molar-refractivity contribution in [3.05, 3.63) is 29.3 Å². The lowest BCUT2D eigenvalue weighted by Crippen LogP contribution is -2.08. The second-order valence-corrected chi connectivity index (χ2v) is 5.80. The smallest absolute Gasteiger partial charge is 0.335 e. The number of ether oxygens (including phenoxy) is 1. The summed E-state index contributed by atoms with van der Waals surface area (Å²) in [5.74, 6) is -0.133. The summed E-state index contributed by atoms with van der Waals surface area (Å²) < 4.78 is 5.67. The number of rotatable bonds is 5. The molecule has 0 aromatic heterocycles. The molecule has 100 valence electrons. The molecule has 0 aliphatic rings. The first-order valence-corrected chi connectivity index (χ1v) is 6.26. The minimum absolute atomic E-state index is 0.301. The molecule has 0 saturated carbocycles. The van der Waals surface area contributed by atoms with Crippen LogP contribution in [0.4, 0.5) is 0 Å². The molecule has 1 N–H and O–H groups in total. The van der Waals surface area contributed by atoms with Gasteiger partial charge in [-0.05, 0) is 48.9 Å². The van der Waals surface area contributed by atoms with E-state index in [2.05, 4.69) is 20.8 Å². The van der Waals surface area contributed by atoms with Crippen molar-refractivity contribution >= 4 is 5.97 Å². The number of carbonyl (C=O) groups is 1. The van der Waals surface area contributed by atoms with E-state index in [1.54, 1.807) is 18.2 Å². The number of carboxylic acids is 1. The minimum atomic E-state index is -0.905. The molecular formula is C15H22O3. The third kappa shape index (κ3) is 4.78. The Labute approximate surface area is 109 Å². The fourth-order valence-electron chi connectivity index (χ4n) is 1.73. The van der Waals surface area contributed by atoms with Gasteiger partial charge in [-0.1, -0.05) is 20.8 Å². The molecule has 0 bridgehead atoms. The Morgan fingerprint density at radius 1 is 1.33 bits per heavy atom. The van der Waals surface area contributed by atoms with Gasteiger partial charge in [0.05, 0.1) is 12.2 Å². The highest BCUT2D eigenvalue weighted by Gasteiger charge is 2.10. The monoisotopic (exact) mass is 250 g/mol. The molecule has 0 amide bonds. The summed E-state index contributed by atoms with van der Waals surface area (Å²) in [6.45, 7) is 9.16. The van der Waals surface area contributed by atoms with Crippen LogP contribution < -0.4 is 4.74 Å². The van der Waals surface area contributed by atoms with Gasteiger partial charge in [-0.25, -0.2) is 4.79 Å². The molecule has 18 heavy (non-hydrogen) atoms. The normalized spacial score (nSPS) is 11.3. The van der Waals surface area contributed by atoms with E-state index in [1.807, 2.05) is 6.92 Å². The number of hydrogen-bond donors (Lipinski definition) is 1. The second kappa shape index (κ2) is 5.89. The molecule has 0 fully saturated rings. The highest BCUT2D eigenvalue weighted by molar-refractivity contribution is 5.88. The molecule has 0 unspecified atom stereocenters. The highest BCUT2D eigenvalue weighted by atomic mass is 16.5. The molecule has 0 heterocycles. The van der Waals surface area contributed by atoms with Gasteiger partial charge >= 0.3 is 5.97 Å². The maximum absolute atomic E-state index is 10.8. The zero-order valence-electron chi connectivity index (χ0n) is 11.6. The summed E-state index contributed by atoms with van der Waals surface area (Å²) in [6, 6.07) is 4.95. The van der Waals surface area contributed by atoms with Gasteiger partial charge in [0, 0.05) is 0 Å². The largest absolute Gasteiger partial charge is 0.493 e. The molecular weight excluding hydrogens is 228 g/mol. The lowest BCUT2D eigenvalue weighted by atomic mass is 9.91. The van der Waals surface area contributed by atoms with Crippen LogP contribution in [0.15, 0.2) is 18.2 Å². The summed E-state index contributed by atoms with van der Waals surface area (Å²) in [6.07, 6.45) is 2.11. The van der Waals surface area contributed by atoms with Gasteiger partial charge in [-0.15, -0.1) is 0 Å². The zero-order valence-corrected chi connectivity index (χ0v) is 11.6. The van der Waals surface area contributed by atoms with Gasteiger partial charge in [-0.2, -0.15) is 0 Å². The summed E-state index contributed by atoms with van der Waals surface area (Å²) in [5, 5.41) is 8.86. The Hall–Kier alpha value is -1.51. The predicted octanol–water partition coefficient (Wildman–Crippen LogP) is 3.90. The Bertz CT molecular complexity index is 416. The number of carboxylic acid groups (broad SMARTS) is 1. The van der Waals surface area contributed by atoms with Crippen LogP contribution in [0.1, 0.15) is 49.5 Å². The van der Waals surface area contributed by atoms with Crippen molar-refractivity contribution in [3.8, 4) is 5.75 Å². The van der Waals surface area contributed by atoms with Crippen LogP contribution >= 0.6 is 0 Å². The molecule has 0 saturated heterocycles. The number of benzene rings is 1. The molecule has 0 spiro atoms. The molecule has 1 aromatic rings. The molecule has 0 atom stereocenters. The fourth-order valence-corrected chi connectivity index (χ4v) is 1.73. The van der Waals surface area contributed by atoms with Gasteiger partial charge in [0.1, 0.15) is 5.75 Å². The van der Waals surface area contributed by atoms with E-state index in [9.17, 15) is 4.79 Å². The van der Waals surface area contributed by atoms with Crippen molar-refractivity contribution in [2.24, 2.45) is 5.41 Å². The number of hydrogen-bond acceptors (Lipinski definition) is 2. The average molecular weight is 250 g/mol. The number of aromatic carboxylic acids is 1. The van der Waals surface area contributed by atoms with Crippen LogP contribution in [0.2, 0.25) is 0 Å². The van der Waals surface area contributed by atoms with Gasteiger partial charge in [0.25, 0.3) is 0 Å². The Morgan fingerprint density at radius 3 is 2.50 bits per heavy atom. The van der Waals surface area contributed by atoms with Crippen LogP contribution in [0, 0.1) is 12.3 Å². The lowest BCUT2D eigenvalue weighted by molar-refractivity contribution is 0.0696. The first-order valence-electron chi connectivity index (χ1n) is 6.26. The molecule has 0 radical (unpaired) electrons. The molecule has 1 rings (SSSR count).